The molecule has 1 fully saturated rings. The molecule has 1 heterocycles. The minimum Gasteiger partial charge on any atom is -0.395 e. The number of thiol groups is 1. The smallest absolute Gasteiger partial charge is 0.301 e. The van der Waals surface area contributed by atoms with Crippen molar-refractivity contribution in [3.63, 3.8) is 0 Å². The summed E-state index contributed by atoms with van der Waals surface area (Å²) in [5.41, 5.74) is 2.50. The molecule has 1 unspecified atom stereocenters. The highest BCUT2D eigenvalue weighted by molar-refractivity contribution is 8.32. The van der Waals surface area contributed by atoms with Gasteiger partial charge in [-0.2, -0.15) is 19.7 Å². The molecular weight excluding hydrogens is 289 g/mol. The van der Waals surface area contributed by atoms with Crippen LogP contribution in [0, 0.1) is 5.92 Å². The fourth-order valence-electron chi connectivity index (χ4n) is 1.67. The van der Waals surface area contributed by atoms with Crippen molar-refractivity contribution in [1.29, 1.82) is 0 Å². The minimum absolute atomic E-state index is 0.270. The van der Waals surface area contributed by atoms with Gasteiger partial charge in [-0.15, -0.1) is 0 Å². The van der Waals surface area contributed by atoms with E-state index in [1.165, 1.54) is 12.8 Å². The average molecular weight is 306 g/mol. The summed E-state index contributed by atoms with van der Waals surface area (Å²) in [5.74, 6) is -0.411. The third-order valence-electron chi connectivity index (χ3n) is 3.10. The first-order chi connectivity index (χ1) is 9.58. The van der Waals surface area contributed by atoms with E-state index in [1.54, 1.807) is 11.8 Å². The van der Waals surface area contributed by atoms with Crippen LogP contribution in [0.25, 0.3) is 0 Å². The van der Waals surface area contributed by atoms with E-state index in [0.29, 0.717) is 18.3 Å². The molecule has 0 spiro atoms. The molecule has 0 aromatic carbocycles. The highest BCUT2D eigenvalue weighted by atomic mass is 32.2. The van der Waals surface area contributed by atoms with Crippen molar-refractivity contribution < 1.29 is 18.0 Å². The van der Waals surface area contributed by atoms with Crippen LogP contribution < -0.4 is 0 Å². The Kier molecular flexibility index (Phi) is 5.28. The molecule has 1 aliphatic heterocycles. The summed E-state index contributed by atoms with van der Waals surface area (Å²) in [6, 6.07) is 0. The van der Waals surface area contributed by atoms with Crippen molar-refractivity contribution in [2.75, 3.05) is 12.4 Å². The van der Waals surface area contributed by atoms with Gasteiger partial charge in [-0.25, -0.2) is 4.39 Å². The number of rotatable bonds is 7. The van der Waals surface area contributed by atoms with Gasteiger partial charge >= 0.3 is 6.08 Å². The zero-order valence-corrected chi connectivity index (χ0v) is 12.0. The van der Waals surface area contributed by atoms with E-state index in [-0.39, 0.29) is 6.42 Å². The maximum absolute atomic E-state index is 12.8. The van der Waals surface area contributed by atoms with Crippen LogP contribution in [-0.4, -0.2) is 24.1 Å². The summed E-state index contributed by atoms with van der Waals surface area (Å²) in [4.78, 5) is 10.2. The second-order valence-electron chi connectivity index (χ2n) is 4.80. The van der Waals surface area contributed by atoms with Crippen LogP contribution in [0.2, 0.25) is 0 Å². The van der Waals surface area contributed by atoms with E-state index in [0.717, 1.165) is 10.6 Å². The molecule has 0 aromatic rings. The van der Waals surface area contributed by atoms with Crippen molar-refractivity contribution in [2.45, 2.75) is 26.2 Å². The minimum atomic E-state index is -2.24. The third kappa shape index (κ3) is 4.40. The zero-order valence-electron chi connectivity index (χ0n) is 11.2. The average Bonchev–Trinajstić information content (AvgIpc) is 3.17. The lowest BCUT2D eigenvalue weighted by molar-refractivity contribution is 0.135. The maximum Gasteiger partial charge on any atom is 0.301 e. The maximum atomic E-state index is 12.8. The van der Waals surface area contributed by atoms with Gasteiger partial charge in [0.1, 0.15) is 6.61 Å². The fraction of sp³-hybridized carbons (Fsp3) is 0.538. The Labute approximate surface area is 118 Å². The number of hydrogen-bond donors (Lipinski definition) is 1. The molecule has 0 amide bonds. The molecule has 2 rings (SSSR count). The summed E-state index contributed by atoms with van der Waals surface area (Å²) in [5, 5.41) is 3.90. The van der Waals surface area contributed by atoms with E-state index in [2.05, 4.69) is 10.1 Å². The van der Waals surface area contributed by atoms with Crippen molar-refractivity contribution in [2.24, 2.45) is 16.1 Å². The fourth-order valence-corrected chi connectivity index (χ4v) is 3.57. The van der Waals surface area contributed by atoms with Crippen molar-refractivity contribution in [3.8, 4) is 0 Å². The standard InChI is InChI=1S/C13H17F3N2OS/c1-9-12(6-18-19-7-10-2-3-10)20(8-17-9)5-4-11(14)13(15)16/h6,8,10,20H,2-5,7H2,1H3/b18-6+. The van der Waals surface area contributed by atoms with Crippen LogP contribution in [0.1, 0.15) is 26.2 Å². The largest absolute Gasteiger partial charge is 0.395 e. The van der Waals surface area contributed by atoms with Crippen molar-refractivity contribution in [1.82, 2.24) is 0 Å². The Morgan fingerprint density at radius 3 is 2.90 bits per heavy atom. The van der Waals surface area contributed by atoms with E-state index in [4.69, 9.17) is 4.84 Å². The monoisotopic (exact) mass is 306 g/mol. The Bertz CT molecular complexity index is 480. The van der Waals surface area contributed by atoms with Crippen LogP contribution in [0.4, 0.5) is 13.2 Å². The lowest BCUT2D eigenvalue weighted by atomic mass is 10.4. The summed E-state index contributed by atoms with van der Waals surface area (Å²) >= 11 is 0. The summed E-state index contributed by atoms with van der Waals surface area (Å²) < 4.78 is 36.9. The molecule has 7 heteroatoms. The van der Waals surface area contributed by atoms with Gasteiger partial charge in [-0.3, -0.25) is 4.99 Å². The van der Waals surface area contributed by atoms with Gasteiger partial charge in [0.05, 0.1) is 11.9 Å². The highest BCUT2D eigenvalue weighted by Crippen LogP contribution is 2.40. The lowest BCUT2D eigenvalue weighted by Gasteiger charge is -2.12. The van der Waals surface area contributed by atoms with Gasteiger partial charge in [-0.1, -0.05) is 5.16 Å². The number of aliphatic imine (C=N–C) groups is 1. The third-order valence-corrected chi connectivity index (χ3v) is 5.26. The molecule has 1 saturated carbocycles. The topological polar surface area (TPSA) is 34.0 Å². The molecule has 3 nitrogen and oxygen atoms in total. The van der Waals surface area contributed by atoms with Gasteiger partial charge < -0.3 is 4.84 Å². The highest BCUT2D eigenvalue weighted by Gasteiger charge is 2.22. The Morgan fingerprint density at radius 1 is 1.50 bits per heavy atom. The molecular formula is C13H17F3N2OS. The Hall–Kier alpha value is -1.24. The first-order valence-electron chi connectivity index (χ1n) is 6.44. The van der Waals surface area contributed by atoms with E-state index >= 15 is 0 Å². The predicted octanol–water partition coefficient (Wildman–Crippen LogP) is 4.14. The SMILES string of the molecule is CC1=C(/C=N/OCC2CC2)[SH](CCC(F)=C(F)F)C=N1. The zero-order chi connectivity index (χ0) is 14.5. The number of halogens is 3. The number of hydrogen-bond acceptors (Lipinski definition) is 3. The van der Waals surface area contributed by atoms with E-state index in [1.807, 2.05) is 6.92 Å². The molecule has 1 atom stereocenters. The van der Waals surface area contributed by atoms with Crippen molar-refractivity contribution >= 4 is 22.7 Å². The van der Waals surface area contributed by atoms with Crippen LogP contribution >= 0.6 is 10.9 Å². The van der Waals surface area contributed by atoms with Crippen LogP contribution in [-0.2, 0) is 4.84 Å². The lowest BCUT2D eigenvalue weighted by Crippen LogP contribution is -1.96. The molecule has 20 heavy (non-hydrogen) atoms. The molecule has 0 radical (unpaired) electrons. The quantitative estimate of drug-likeness (QED) is 0.428. The van der Waals surface area contributed by atoms with Gasteiger partial charge in [0.2, 0.25) is 0 Å². The molecule has 1 aliphatic carbocycles. The van der Waals surface area contributed by atoms with E-state index in [9.17, 15) is 13.2 Å². The molecule has 2 aliphatic rings. The van der Waals surface area contributed by atoms with Crippen LogP contribution in [0.3, 0.4) is 0 Å². The molecule has 0 aromatic heterocycles. The van der Waals surface area contributed by atoms with Crippen LogP contribution in [0.5, 0.6) is 0 Å². The molecule has 0 N–H and O–H groups in total. The van der Waals surface area contributed by atoms with Gasteiger partial charge in [0.15, 0.2) is 5.83 Å². The predicted molar refractivity (Wildman–Crippen MR) is 77.2 cm³/mol. The molecule has 0 bridgehead atoms. The van der Waals surface area contributed by atoms with Crippen LogP contribution in [0.15, 0.2) is 32.7 Å². The Morgan fingerprint density at radius 2 is 2.25 bits per heavy atom. The first-order valence-corrected chi connectivity index (χ1v) is 8.04. The first kappa shape index (κ1) is 15.2. The summed E-state index contributed by atoms with van der Waals surface area (Å²) in [6.07, 6.45) is 1.46. The second-order valence-corrected chi connectivity index (χ2v) is 6.90. The van der Waals surface area contributed by atoms with E-state index < -0.39 is 22.8 Å². The number of oxime groups is 1. The summed E-state index contributed by atoms with van der Waals surface area (Å²) in [6.45, 7) is 2.44. The number of nitrogens with zero attached hydrogens (tertiary/aromatic N) is 2. The van der Waals surface area contributed by atoms with Gasteiger partial charge in [0, 0.05) is 16.9 Å². The molecule has 0 saturated heterocycles. The number of allylic oxidation sites excluding steroid dienone is 3. The van der Waals surface area contributed by atoms with Gasteiger partial charge in [0.25, 0.3) is 0 Å². The Balaban J connectivity index is 1.85. The summed E-state index contributed by atoms with van der Waals surface area (Å²) in [7, 11) is -0.870. The molecule has 112 valence electrons. The second kappa shape index (κ2) is 6.97. The normalized spacial score (nSPS) is 23.7. The van der Waals surface area contributed by atoms with Crippen molar-refractivity contribution in [3.05, 3.63) is 22.5 Å². The van der Waals surface area contributed by atoms with Gasteiger partial charge in [-0.05, 0) is 31.4 Å².